The highest BCUT2D eigenvalue weighted by atomic mass is 16.4. The van der Waals surface area contributed by atoms with Crippen molar-refractivity contribution in [2.24, 2.45) is 0 Å². The number of carboxylic acids is 1. The molecular weight excluding hydrogens is 276 g/mol. The number of carbonyl (C=O) groups excluding carboxylic acids is 1. The zero-order valence-corrected chi connectivity index (χ0v) is 14.1. The Labute approximate surface area is 133 Å². The lowest BCUT2D eigenvalue weighted by molar-refractivity contribution is 0.0692. The van der Waals surface area contributed by atoms with Crippen LogP contribution in [0.4, 0.5) is 0 Å². The fourth-order valence-electron chi connectivity index (χ4n) is 1.55. The van der Waals surface area contributed by atoms with Gasteiger partial charge in [-0.25, -0.2) is 4.79 Å². The Morgan fingerprint density at radius 2 is 1.59 bits per heavy atom. The first-order valence-corrected chi connectivity index (χ1v) is 7.35. The third kappa shape index (κ3) is 6.35. The smallest absolute Gasteiger partial charge is 0.336 e. The number of carbonyl (C=O) groups is 2. The monoisotopic (exact) mass is 302 g/mol. The summed E-state index contributed by atoms with van der Waals surface area (Å²) in [5.74, 6) is -1.49. The Hall–Kier alpha value is -2.42. The molecule has 0 saturated carbocycles. The van der Waals surface area contributed by atoms with Crippen LogP contribution in [-0.2, 0) is 0 Å². The van der Waals surface area contributed by atoms with Crippen LogP contribution in [-0.4, -0.2) is 16.9 Å². The SMILES string of the molecule is C=C/C=C(\C=C)C(=O)c1ccc(C)cc1C(=O)O.CC.CC. The van der Waals surface area contributed by atoms with Crippen LogP contribution in [0, 0.1) is 6.92 Å². The predicted molar refractivity (Wildman–Crippen MR) is 93.6 cm³/mol. The molecule has 0 saturated heterocycles. The molecule has 3 nitrogen and oxygen atoms in total. The Balaban J connectivity index is 0. The number of ketones is 1. The normalized spacial score (nSPS) is 9.41. The molecule has 1 aromatic carbocycles. The van der Waals surface area contributed by atoms with Gasteiger partial charge in [0.1, 0.15) is 0 Å². The standard InChI is InChI=1S/C15H14O3.2C2H6/c1-4-6-11(5-2)14(16)12-8-7-10(3)9-13(12)15(17)18;2*1-2/h4-9H,1-2H2,3H3,(H,17,18);2*1-2H3/b11-6+;;. The van der Waals surface area contributed by atoms with Crippen LogP contribution in [0.3, 0.4) is 0 Å². The number of rotatable bonds is 5. The first-order chi connectivity index (χ1) is 10.5. The number of allylic oxidation sites excluding steroid dienone is 4. The molecule has 22 heavy (non-hydrogen) atoms. The van der Waals surface area contributed by atoms with Gasteiger partial charge in [0, 0.05) is 11.1 Å². The molecule has 1 aromatic rings. The second-order valence-electron chi connectivity index (χ2n) is 3.75. The van der Waals surface area contributed by atoms with Crippen molar-refractivity contribution in [3.05, 3.63) is 71.8 Å². The van der Waals surface area contributed by atoms with Crippen molar-refractivity contribution in [3.8, 4) is 0 Å². The van der Waals surface area contributed by atoms with Crippen LogP contribution < -0.4 is 0 Å². The zero-order chi connectivity index (χ0) is 17.7. The summed E-state index contributed by atoms with van der Waals surface area (Å²) in [5, 5.41) is 9.11. The first kappa shape index (κ1) is 21.9. The summed E-state index contributed by atoms with van der Waals surface area (Å²) >= 11 is 0. The molecule has 0 aliphatic heterocycles. The molecule has 1 rings (SSSR count). The molecule has 0 fully saturated rings. The third-order valence-corrected chi connectivity index (χ3v) is 2.43. The van der Waals surface area contributed by atoms with Gasteiger partial charge in [-0.3, -0.25) is 4.79 Å². The van der Waals surface area contributed by atoms with Crippen molar-refractivity contribution >= 4 is 11.8 Å². The number of hydrogen-bond acceptors (Lipinski definition) is 2. The van der Waals surface area contributed by atoms with E-state index in [1.165, 1.54) is 30.4 Å². The Morgan fingerprint density at radius 1 is 1.05 bits per heavy atom. The lowest BCUT2D eigenvalue weighted by atomic mass is 9.96. The van der Waals surface area contributed by atoms with Gasteiger partial charge in [0.2, 0.25) is 0 Å². The summed E-state index contributed by atoms with van der Waals surface area (Å²) in [5.41, 5.74) is 1.26. The van der Waals surface area contributed by atoms with Crippen molar-refractivity contribution < 1.29 is 14.7 Å². The fourth-order valence-corrected chi connectivity index (χ4v) is 1.55. The first-order valence-electron chi connectivity index (χ1n) is 7.35. The van der Waals surface area contributed by atoms with E-state index in [4.69, 9.17) is 5.11 Å². The van der Waals surface area contributed by atoms with E-state index in [9.17, 15) is 9.59 Å². The minimum atomic E-state index is -1.12. The van der Waals surface area contributed by atoms with Crippen molar-refractivity contribution in [2.75, 3.05) is 0 Å². The molecular formula is C19H26O3. The van der Waals surface area contributed by atoms with Gasteiger partial charge >= 0.3 is 5.97 Å². The van der Waals surface area contributed by atoms with Gasteiger partial charge in [-0.2, -0.15) is 0 Å². The summed E-state index contributed by atoms with van der Waals surface area (Å²) in [6.45, 7) is 16.8. The number of benzene rings is 1. The van der Waals surface area contributed by atoms with Crippen molar-refractivity contribution in [2.45, 2.75) is 34.6 Å². The number of aryl methyl sites for hydroxylation is 1. The van der Waals surface area contributed by atoms with Gasteiger partial charge in [0.25, 0.3) is 0 Å². The molecule has 0 aliphatic rings. The van der Waals surface area contributed by atoms with E-state index in [2.05, 4.69) is 13.2 Å². The average molecular weight is 302 g/mol. The van der Waals surface area contributed by atoms with Gasteiger partial charge in [-0.1, -0.05) is 70.7 Å². The highest BCUT2D eigenvalue weighted by Crippen LogP contribution is 2.17. The van der Waals surface area contributed by atoms with Gasteiger partial charge in [0.15, 0.2) is 5.78 Å². The Bertz CT molecular complexity index is 552. The molecule has 0 amide bonds. The molecule has 0 unspecified atom stereocenters. The maximum absolute atomic E-state index is 12.2. The average Bonchev–Trinajstić information content (AvgIpc) is 2.55. The fraction of sp³-hybridized carbons (Fsp3) is 0.263. The van der Waals surface area contributed by atoms with Gasteiger partial charge < -0.3 is 5.11 Å². The van der Waals surface area contributed by atoms with Gasteiger partial charge in [0.05, 0.1) is 5.56 Å². The topological polar surface area (TPSA) is 54.4 Å². The number of hydrogen-bond donors (Lipinski definition) is 1. The number of Topliss-reactive ketones (excluding diaryl/α,β-unsaturated/α-hetero) is 1. The van der Waals surface area contributed by atoms with Crippen molar-refractivity contribution in [1.82, 2.24) is 0 Å². The van der Waals surface area contributed by atoms with E-state index in [0.29, 0.717) is 5.57 Å². The highest BCUT2D eigenvalue weighted by Gasteiger charge is 2.18. The van der Waals surface area contributed by atoms with E-state index in [0.717, 1.165) is 5.56 Å². The zero-order valence-electron chi connectivity index (χ0n) is 14.1. The van der Waals surface area contributed by atoms with Crippen LogP contribution in [0.15, 0.2) is 55.2 Å². The largest absolute Gasteiger partial charge is 0.478 e. The summed E-state index contributed by atoms with van der Waals surface area (Å²) in [6, 6.07) is 4.69. The molecule has 3 heteroatoms. The molecule has 0 heterocycles. The highest BCUT2D eigenvalue weighted by molar-refractivity contribution is 6.15. The van der Waals surface area contributed by atoms with Crippen LogP contribution in [0.25, 0.3) is 0 Å². The Morgan fingerprint density at radius 3 is 2.00 bits per heavy atom. The second-order valence-corrected chi connectivity index (χ2v) is 3.75. The molecule has 0 spiro atoms. The summed E-state index contributed by atoms with van der Waals surface area (Å²) < 4.78 is 0. The summed E-state index contributed by atoms with van der Waals surface area (Å²) in [4.78, 5) is 23.3. The van der Waals surface area contributed by atoms with Gasteiger partial charge in [-0.05, 0) is 19.1 Å². The number of carboxylic acid groups (broad SMARTS) is 1. The maximum atomic E-state index is 12.2. The molecule has 120 valence electrons. The van der Waals surface area contributed by atoms with E-state index in [1.807, 2.05) is 27.7 Å². The third-order valence-electron chi connectivity index (χ3n) is 2.43. The second kappa shape index (κ2) is 12.3. The lowest BCUT2D eigenvalue weighted by Gasteiger charge is -2.06. The molecule has 0 bridgehead atoms. The van der Waals surface area contributed by atoms with Gasteiger partial charge in [-0.15, -0.1) is 0 Å². The van der Waals surface area contributed by atoms with E-state index < -0.39 is 5.97 Å². The number of aromatic carboxylic acids is 1. The van der Waals surface area contributed by atoms with E-state index >= 15 is 0 Å². The van der Waals surface area contributed by atoms with Crippen LogP contribution in [0.5, 0.6) is 0 Å². The molecule has 1 N–H and O–H groups in total. The quantitative estimate of drug-likeness (QED) is 0.460. The Kier molecular flexibility index (Phi) is 12.3. The maximum Gasteiger partial charge on any atom is 0.336 e. The molecule has 0 atom stereocenters. The molecule has 0 aliphatic carbocycles. The minimum Gasteiger partial charge on any atom is -0.478 e. The molecule has 0 radical (unpaired) electrons. The van der Waals surface area contributed by atoms with Crippen molar-refractivity contribution in [3.63, 3.8) is 0 Å². The van der Waals surface area contributed by atoms with E-state index in [1.54, 1.807) is 13.0 Å². The minimum absolute atomic E-state index is 0.00295. The summed E-state index contributed by atoms with van der Waals surface area (Å²) in [7, 11) is 0. The van der Waals surface area contributed by atoms with Crippen molar-refractivity contribution in [1.29, 1.82) is 0 Å². The van der Waals surface area contributed by atoms with Crippen LogP contribution in [0.1, 0.15) is 54.0 Å². The van der Waals surface area contributed by atoms with E-state index in [-0.39, 0.29) is 16.9 Å². The predicted octanol–water partition coefficient (Wildman–Crippen LogP) is 5.23. The van der Waals surface area contributed by atoms with Crippen LogP contribution >= 0.6 is 0 Å². The molecule has 0 aromatic heterocycles. The lowest BCUT2D eigenvalue weighted by Crippen LogP contribution is -2.10. The van der Waals surface area contributed by atoms with Crippen LogP contribution in [0.2, 0.25) is 0 Å². The summed E-state index contributed by atoms with van der Waals surface area (Å²) in [6.07, 6.45) is 4.35.